The highest BCUT2D eigenvalue weighted by molar-refractivity contribution is 6.29. The summed E-state index contributed by atoms with van der Waals surface area (Å²) in [7, 11) is 0. The minimum atomic E-state index is 0.576. The average molecular weight is 172 g/mol. The molecule has 0 amide bonds. The largest absolute Gasteiger partial charge is 0.241 e. The third-order valence-corrected chi connectivity index (χ3v) is 1.26. The van der Waals surface area contributed by atoms with Crippen molar-refractivity contribution in [3.05, 3.63) is 28.5 Å². The van der Waals surface area contributed by atoms with Gasteiger partial charge in [-0.25, -0.2) is 4.98 Å². The molecule has 0 aliphatic rings. The molecule has 1 aromatic rings. The van der Waals surface area contributed by atoms with Gasteiger partial charge >= 0.3 is 0 Å². The number of hydrogen-bond donors (Lipinski definition) is 0. The van der Waals surface area contributed by atoms with Crippen LogP contribution in [0.5, 0.6) is 0 Å². The lowest BCUT2D eigenvalue weighted by Crippen LogP contribution is -1.82. The molecule has 2 heteroatoms. The van der Waals surface area contributed by atoms with E-state index in [1.54, 1.807) is 0 Å². The third-order valence-electron chi connectivity index (χ3n) is 1.07. The Hall–Kier alpha value is -0.560. The summed E-state index contributed by atoms with van der Waals surface area (Å²) < 4.78 is 0. The van der Waals surface area contributed by atoms with E-state index in [2.05, 4.69) is 4.98 Å². The van der Waals surface area contributed by atoms with Gasteiger partial charge in [-0.05, 0) is 31.5 Å². The van der Waals surface area contributed by atoms with Gasteiger partial charge in [0.05, 0.1) is 0 Å². The topological polar surface area (TPSA) is 12.9 Å². The second kappa shape index (κ2) is 5.14. The van der Waals surface area contributed by atoms with Crippen LogP contribution in [0.25, 0.3) is 0 Å². The molecule has 0 spiro atoms. The number of aromatic nitrogens is 1. The van der Waals surface area contributed by atoms with E-state index in [1.807, 2.05) is 39.8 Å². The zero-order chi connectivity index (χ0) is 8.85. The third kappa shape index (κ3) is 3.99. The molecule has 0 radical (unpaired) electrons. The highest BCUT2D eigenvalue weighted by Gasteiger charge is 1.90. The second-order valence-corrected chi connectivity index (χ2v) is 2.50. The highest BCUT2D eigenvalue weighted by Crippen LogP contribution is 2.08. The van der Waals surface area contributed by atoms with Crippen LogP contribution in [0, 0.1) is 13.8 Å². The molecule has 0 bridgehead atoms. The highest BCUT2D eigenvalue weighted by atomic mass is 35.5. The van der Waals surface area contributed by atoms with Gasteiger partial charge < -0.3 is 0 Å². The van der Waals surface area contributed by atoms with Gasteiger partial charge in [-0.2, -0.15) is 0 Å². The number of aryl methyl sites for hydroxylation is 2. The van der Waals surface area contributed by atoms with Crippen LogP contribution in [-0.4, -0.2) is 4.98 Å². The standard InChI is InChI=1S/C7H8ClN.C2H6/c1-5-3-6(2)9-7(8)4-5;1-2/h3-4H,1-2H3;1-2H3. The number of halogens is 1. The smallest absolute Gasteiger partial charge is 0.129 e. The van der Waals surface area contributed by atoms with Gasteiger partial charge in [0.1, 0.15) is 5.15 Å². The molecular formula is C9H14ClN. The van der Waals surface area contributed by atoms with E-state index >= 15 is 0 Å². The summed E-state index contributed by atoms with van der Waals surface area (Å²) in [5.74, 6) is 0. The maximum Gasteiger partial charge on any atom is 0.129 e. The molecule has 0 aromatic carbocycles. The lowest BCUT2D eigenvalue weighted by atomic mass is 10.3. The van der Waals surface area contributed by atoms with Crippen LogP contribution < -0.4 is 0 Å². The van der Waals surface area contributed by atoms with E-state index in [9.17, 15) is 0 Å². The average Bonchev–Trinajstić information content (AvgIpc) is 1.88. The first-order valence-electron chi connectivity index (χ1n) is 3.79. The van der Waals surface area contributed by atoms with Gasteiger partial charge in [0, 0.05) is 5.69 Å². The molecule has 1 nitrogen and oxygen atoms in total. The zero-order valence-electron chi connectivity index (χ0n) is 7.48. The molecule has 0 fully saturated rings. The van der Waals surface area contributed by atoms with E-state index in [-0.39, 0.29) is 0 Å². The van der Waals surface area contributed by atoms with Crippen LogP contribution in [0.2, 0.25) is 5.15 Å². The molecular weight excluding hydrogens is 158 g/mol. The molecule has 0 N–H and O–H groups in total. The summed E-state index contributed by atoms with van der Waals surface area (Å²) in [6, 6.07) is 3.83. The fraction of sp³-hybridized carbons (Fsp3) is 0.444. The van der Waals surface area contributed by atoms with E-state index in [4.69, 9.17) is 11.6 Å². The van der Waals surface area contributed by atoms with Crippen LogP contribution in [0.3, 0.4) is 0 Å². The van der Waals surface area contributed by atoms with Gasteiger partial charge in [0.15, 0.2) is 0 Å². The number of rotatable bonds is 0. The van der Waals surface area contributed by atoms with Crippen molar-refractivity contribution >= 4 is 11.6 Å². The van der Waals surface area contributed by atoms with Crippen LogP contribution in [-0.2, 0) is 0 Å². The van der Waals surface area contributed by atoms with Crippen molar-refractivity contribution in [1.29, 1.82) is 0 Å². The molecule has 1 rings (SSSR count). The summed E-state index contributed by atoms with van der Waals surface area (Å²) in [5, 5.41) is 0.576. The van der Waals surface area contributed by atoms with E-state index in [1.165, 1.54) is 0 Å². The Morgan fingerprint density at radius 2 is 1.73 bits per heavy atom. The molecule has 0 unspecified atom stereocenters. The predicted molar refractivity (Wildman–Crippen MR) is 50.1 cm³/mol. The minimum absolute atomic E-state index is 0.576. The maximum atomic E-state index is 5.64. The fourth-order valence-electron chi connectivity index (χ4n) is 0.792. The summed E-state index contributed by atoms with van der Waals surface area (Å²) in [4.78, 5) is 4.00. The Morgan fingerprint density at radius 1 is 1.18 bits per heavy atom. The molecule has 0 aliphatic heterocycles. The lowest BCUT2D eigenvalue weighted by molar-refractivity contribution is 1.18. The van der Waals surface area contributed by atoms with Gasteiger partial charge in [0.2, 0.25) is 0 Å². The zero-order valence-corrected chi connectivity index (χ0v) is 8.24. The van der Waals surface area contributed by atoms with Crippen molar-refractivity contribution in [3.63, 3.8) is 0 Å². The molecule has 0 saturated carbocycles. The minimum Gasteiger partial charge on any atom is -0.241 e. The van der Waals surface area contributed by atoms with Crippen molar-refractivity contribution in [3.8, 4) is 0 Å². The summed E-state index contributed by atoms with van der Waals surface area (Å²) in [6.07, 6.45) is 0. The molecule has 0 saturated heterocycles. The first kappa shape index (κ1) is 10.4. The van der Waals surface area contributed by atoms with E-state index in [0.717, 1.165) is 11.3 Å². The van der Waals surface area contributed by atoms with Crippen LogP contribution in [0.15, 0.2) is 12.1 Å². The van der Waals surface area contributed by atoms with E-state index in [0.29, 0.717) is 5.15 Å². The Balaban J connectivity index is 0.000000461. The van der Waals surface area contributed by atoms with Crippen molar-refractivity contribution < 1.29 is 0 Å². The van der Waals surface area contributed by atoms with Crippen LogP contribution in [0.1, 0.15) is 25.1 Å². The lowest BCUT2D eigenvalue weighted by Gasteiger charge is -1.94. The second-order valence-electron chi connectivity index (χ2n) is 2.11. The van der Waals surface area contributed by atoms with Crippen molar-refractivity contribution in [2.24, 2.45) is 0 Å². The quantitative estimate of drug-likeness (QED) is 0.546. The van der Waals surface area contributed by atoms with Crippen molar-refractivity contribution in [1.82, 2.24) is 4.98 Å². The van der Waals surface area contributed by atoms with Crippen LogP contribution in [0.4, 0.5) is 0 Å². The molecule has 0 aliphatic carbocycles. The number of pyridine rings is 1. The molecule has 1 heterocycles. The summed E-state index contributed by atoms with van der Waals surface area (Å²) >= 11 is 5.64. The molecule has 0 atom stereocenters. The van der Waals surface area contributed by atoms with Gasteiger partial charge in [-0.3, -0.25) is 0 Å². The summed E-state index contributed by atoms with van der Waals surface area (Å²) in [6.45, 7) is 7.93. The summed E-state index contributed by atoms with van der Waals surface area (Å²) in [5.41, 5.74) is 2.13. The Kier molecular flexibility index (Phi) is 4.88. The van der Waals surface area contributed by atoms with Gasteiger partial charge in [-0.15, -0.1) is 0 Å². The fourth-order valence-corrected chi connectivity index (χ4v) is 1.10. The normalized spacial score (nSPS) is 8.45. The monoisotopic (exact) mass is 171 g/mol. The maximum absolute atomic E-state index is 5.64. The molecule has 62 valence electrons. The Labute approximate surface area is 73.4 Å². The van der Waals surface area contributed by atoms with E-state index < -0.39 is 0 Å². The van der Waals surface area contributed by atoms with Crippen LogP contribution >= 0.6 is 11.6 Å². The van der Waals surface area contributed by atoms with Crippen molar-refractivity contribution in [2.45, 2.75) is 27.7 Å². The number of hydrogen-bond acceptors (Lipinski definition) is 1. The Morgan fingerprint density at radius 3 is 2.09 bits per heavy atom. The Bertz CT molecular complexity index is 170. The first-order valence-corrected chi connectivity index (χ1v) is 4.17. The molecule has 11 heavy (non-hydrogen) atoms. The van der Waals surface area contributed by atoms with Gasteiger partial charge in [0.25, 0.3) is 0 Å². The van der Waals surface area contributed by atoms with Crippen molar-refractivity contribution in [2.75, 3.05) is 0 Å². The SMILES string of the molecule is CC.Cc1cc(C)nc(Cl)c1. The first-order chi connectivity index (χ1) is 5.18. The molecule has 1 aromatic heterocycles. The number of nitrogens with zero attached hydrogens (tertiary/aromatic N) is 1. The van der Waals surface area contributed by atoms with Gasteiger partial charge in [-0.1, -0.05) is 25.4 Å². The predicted octanol–water partition coefficient (Wildman–Crippen LogP) is 3.38.